The van der Waals surface area contributed by atoms with Crippen LogP contribution in [0.3, 0.4) is 0 Å². The lowest BCUT2D eigenvalue weighted by Crippen LogP contribution is -2.24. The number of aryl methyl sites for hydroxylation is 1. The van der Waals surface area contributed by atoms with Crippen molar-refractivity contribution in [2.75, 3.05) is 6.61 Å². The van der Waals surface area contributed by atoms with Crippen LogP contribution in [0.4, 0.5) is 0 Å². The second-order valence-corrected chi connectivity index (χ2v) is 5.91. The number of aromatic nitrogens is 2. The van der Waals surface area contributed by atoms with E-state index >= 15 is 0 Å². The van der Waals surface area contributed by atoms with Gasteiger partial charge in [0.2, 0.25) is 0 Å². The fourth-order valence-corrected chi connectivity index (χ4v) is 2.80. The van der Waals surface area contributed by atoms with Gasteiger partial charge in [0.05, 0.1) is 18.8 Å². The van der Waals surface area contributed by atoms with Gasteiger partial charge in [0.15, 0.2) is 0 Å². The monoisotopic (exact) mass is 236 g/mol. The largest absolute Gasteiger partial charge is 0.394 e. The van der Waals surface area contributed by atoms with E-state index in [9.17, 15) is 0 Å². The molecule has 3 nitrogen and oxygen atoms in total. The van der Waals surface area contributed by atoms with Crippen LogP contribution < -0.4 is 0 Å². The van der Waals surface area contributed by atoms with E-state index in [4.69, 9.17) is 10.2 Å². The van der Waals surface area contributed by atoms with Gasteiger partial charge >= 0.3 is 0 Å². The first kappa shape index (κ1) is 12.6. The second kappa shape index (κ2) is 4.81. The molecule has 0 saturated carbocycles. The molecule has 0 unspecified atom stereocenters. The summed E-state index contributed by atoms with van der Waals surface area (Å²) in [6, 6.07) is 0. The van der Waals surface area contributed by atoms with Crippen LogP contribution >= 0.6 is 0 Å². The van der Waals surface area contributed by atoms with Gasteiger partial charge in [-0.25, -0.2) is 0 Å². The molecular formula is C14H24N2O. The van der Waals surface area contributed by atoms with E-state index in [1.165, 1.54) is 23.4 Å². The Kier molecular flexibility index (Phi) is 3.57. The molecular weight excluding hydrogens is 212 g/mol. The summed E-state index contributed by atoms with van der Waals surface area (Å²) in [5, 5.41) is 13.8. The summed E-state index contributed by atoms with van der Waals surface area (Å²) in [4.78, 5) is 0. The van der Waals surface area contributed by atoms with Gasteiger partial charge in [0.1, 0.15) is 0 Å². The lowest BCUT2D eigenvalue weighted by Gasteiger charge is -2.30. The summed E-state index contributed by atoms with van der Waals surface area (Å²) in [6.45, 7) is 7.67. The van der Waals surface area contributed by atoms with Gasteiger partial charge in [-0.15, -0.1) is 0 Å². The molecule has 1 aromatic rings. The minimum absolute atomic E-state index is 0.181. The maximum Gasteiger partial charge on any atom is 0.0659 e. The molecule has 0 radical (unpaired) electrons. The molecule has 2 rings (SSSR count). The average molecular weight is 236 g/mol. The molecule has 3 heteroatoms. The van der Waals surface area contributed by atoms with Crippen molar-refractivity contribution in [1.82, 2.24) is 9.78 Å². The fraction of sp³-hybridized carbons (Fsp3) is 0.786. The molecule has 1 aromatic heterocycles. The summed E-state index contributed by atoms with van der Waals surface area (Å²) in [5.74, 6) is 0. The predicted molar refractivity (Wildman–Crippen MR) is 69.1 cm³/mol. The van der Waals surface area contributed by atoms with Crippen LogP contribution in [0.1, 0.15) is 50.6 Å². The van der Waals surface area contributed by atoms with Crippen molar-refractivity contribution in [2.45, 2.75) is 59.4 Å². The Morgan fingerprint density at radius 2 is 2.18 bits per heavy atom. The van der Waals surface area contributed by atoms with E-state index < -0.39 is 0 Å². The van der Waals surface area contributed by atoms with E-state index in [0.717, 1.165) is 25.7 Å². The highest BCUT2D eigenvalue weighted by Gasteiger charge is 2.30. The van der Waals surface area contributed by atoms with E-state index in [2.05, 4.69) is 20.8 Å². The Hall–Kier alpha value is -0.830. The van der Waals surface area contributed by atoms with Gasteiger partial charge in [-0.3, -0.25) is 4.68 Å². The first-order chi connectivity index (χ1) is 8.07. The van der Waals surface area contributed by atoms with Gasteiger partial charge in [0.25, 0.3) is 0 Å². The maximum atomic E-state index is 9.13. The van der Waals surface area contributed by atoms with Gasteiger partial charge in [-0.2, -0.15) is 5.10 Å². The summed E-state index contributed by atoms with van der Waals surface area (Å²) < 4.78 is 2.04. The van der Waals surface area contributed by atoms with E-state index in [1.807, 2.05) is 4.68 Å². The Bertz CT molecular complexity index is 393. The van der Waals surface area contributed by atoms with Crippen LogP contribution in [0.2, 0.25) is 0 Å². The zero-order chi connectivity index (χ0) is 12.5. The molecule has 1 N–H and O–H groups in total. The van der Waals surface area contributed by atoms with Gasteiger partial charge < -0.3 is 5.11 Å². The molecule has 0 aromatic carbocycles. The van der Waals surface area contributed by atoms with Crippen LogP contribution in [-0.2, 0) is 25.8 Å². The zero-order valence-corrected chi connectivity index (χ0v) is 11.3. The standard InChI is InChI=1S/C14H24N2O/c1-4-5-12-11-6-7-14(2,3)10-13(11)16(15-12)8-9-17/h17H,4-10H2,1-3H3. The highest BCUT2D eigenvalue weighted by molar-refractivity contribution is 5.30. The minimum Gasteiger partial charge on any atom is -0.394 e. The smallest absolute Gasteiger partial charge is 0.0659 e. The highest BCUT2D eigenvalue weighted by atomic mass is 16.3. The summed E-state index contributed by atoms with van der Waals surface area (Å²) in [7, 11) is 0. The number of nitrogens with zero attached hydrogens (tertiary/aromatic N) is 2. The molecule has 0 aliphatic heterocycles. The summed E-state index contributed by atoms with van der Waals surface area (Å²) in [5.41, 5.74) is 4.49. The number of aliphatic hydroxyl groups excluding tert-OH is 1. The van der Waals surface area contributed by atoms with Crippen LogP contribution in [0.15, 0.2) is 0 Å². The Labute approximate surface area is 104 Å². The quantitative estimate of drug-likeness (QED) is 0.871. The molecule has 0 amide bonds. The van der Waals surface area contributed by atoms with E-state index in [1.54, 1.807) is 0 Å². The number of hydrogen-bond acceptors (Lipinski definition) is 2. The number of hydrogen-bond donors (Lipinski definition) is 1. The molecule has 0 saturated heterocycles. The van der Waals surface area contributed by atoms with Crippen LogP contribution in [0.25, 0.3) is 0 Å². The van der Waals surface area contributed by atoms with Crippen molar-refractivity contribution in [3.05, 3.63) is 17.0 Å². The molecule has 1 heterocycles. The Morgan fingerprint density at radius 3 is 2.82 bits per heavy atom. The van der Waals surface area contributed by atoms with Crippen molar-refractivity contribution >= 4 is 0 Å². The lowest BCUT2D eigenvalue weighted by molar-refractivity contribution is 0.257. The third-order valence-electron chi connectivity index (χ3n) is 3.75. The normalized spacial score (nSPS) is 18.1. The van der Waals surface area contributed by atoms with Crippen molar-refractivity contribution in [3.63, 3.8) is 0 Å². The van der Waals surface area contributed by atoms with Gasteiger partial charge in [0, 0.05) is 5.69 Å². The average Bonchev–Trinajstić information content (AvgIpc) is 2.56. The summed E-state index contributed by atoms with van der Waals surface area (Å²) in [6.07, 6.45) is 5.72. The molecule has 1 aliphatic rings. The third kappa shape index (κ3) is 2.54. The predicted octanol–water partition coefficient (Wildman–Crippen LogP) is 2.34. The number of rotatable bonds is 4. The molecule has 1 aliphatic carbocycles. The highest BCUT2D eigenvalue weighted by Crippen LogP contribution is 2.36. The first-order valence-electron chi connectivity index (χ1n) is 6.75. The van der Waals surface area contributed by atoms with Crippen LogP contribution in [0.5, 0.6) is 0 Å². The molecule has 96 valence electrons. The summed E-state index contributed by atoms with van der Waals surface area (Å²) >= 11 is 0. The maximum absolute atomic E-state index is 9.13. The molecule has 0 fully saturated rings. The van der Waals surface area contributed by atoms with Crippen LogP contribution in [-0.4, -0.2) is 21.5 Å². The fourth-order valence-electron chi connectivity index (χ4n) is 2.80. The Morgan fingerprint density at radius 1 is 1.41 bits per heavy atom. The van der Waals surface area contributed by atoms with Crippen molar-refractivity contribution < 1.29 is 5.11 Å². The van der Waals surface area contributed by atoms with E-state index in [0.29, 0.717) is 12.0 Å². The molecule has 0 spiro atoms. The van der Waals surface area contributed by atoms with Gasteiger partial charge in [-0.05, 0) is 36.7 Å². The molecule has 0 bridgehead atoms. The number of aliphatic hydroxyl groups is 1. The van der Waals surface area contributed by atoms with E-state index in [-0.39, 0.29) is 6.61 Å². The Balaban J connectivity index is 2.35. The topological polar surface area (TPSA) is 38.0 Å². The zero-order valence-electron chi connectivity index (χ0n) is 11.3. The minimum atomic E-state index is 0.181. The number of fused-ring (bicyclic) bond motifs is 1. The molecule has 0 atom stereocenters. The van der Waals surface area contributed by atoms with Gasteiger partial charge in [-0.1, -0.05) is 27.2 Å². The van der Waals surface area contributed by atoms with Crippen molar-refractivity contribution in [1.29, 1.82) is 0 Å². The lowest BCUT2D eigenvalue weighted by atomic mass is 9.76. The van der Waals surface area contributed by atoms with Crippen molar-refractivity contribution in [3.8, 4) is 0 Å². The van der Waals surface area contributed by atoms with Crippen LogP contribution in [0, 0.1) is 5.41 Å². The SMILES string of the molecule is CCCc1nn(CCO)c2c1CCC(C)(C)C2. The third-order valence-corrected chi connectivity index (χ3v) is 3.75. The second-order valence-electron chi connectivity index (χ2n) is 5.91. The van der Waals surface area contributed by atoms with Crippen molar-refractivity contribution in [2.24, 2.45) is 5.41 Å². The molecule has 17 heavy (non-hydrogen) atoms. The first-order valence-corrected chi connectivity index (χ1v) is 6.75.